The molecule has 1 aliphatic rings. The molecule has 0 spiro atoms. The zero-order chi connectivity index (χ0) is 17.2. The van der Waals surface area contributed by atoms with E-state index in [-0.39, 0.29) is 5.91 Å². The maximum atomic E-state index is 12.7. The number of benzene rings is 1. The van der Waals surface area contributed by atoms with Crippen LogP contribution in [0.4, 0.5) is 5.69 Å². The molecule has 0 aliphatic carbocycles. The summed E-state index contributed by atoms with van der Waals surface area (Å²) in [4.78, 5) is 14.4. The monoisotopic (exact) mass is 340 g/mol. The van der Waals surface area contributed by atoms with Crippen molar-refractivity contribution in [2.24, 2.45) is 0 Å². The number of likely N-dealkylation sites (tertiary alicyclic amines) is 1. The summed E-state index contributed by atoms with van der Waals surface area (Å²) in [6.45, 7) is 4.87. The minimum Gasteiger partial charge on any atom is -0.495 e. The standard InChI is InChI=1S/C16H24N2O4S/c1-12-7-8-15(22-3)14(11-12)18(23(4,20)21)13(2)16(19)17-9-5-6-10-17/h7-8,11,13H,5-6,9-10H2,1-4H3/t13-/m1/s1. The lowest BCUT2D eigenvalue weighted by atomic mass is 10.2. The summed E-state index contributed by atoms with van der Waals surface area (Å²) in [5.74, 6) is 0.263. The van der Waals surface area contributed by atoms with Crippen LogP contribution < -0.4 is 9.04 Å². The van der Waals surface area contributed by atoms with Gasteiger partial charge in [-0.3, -0.25) is 9.10 Å². The molecule has 1 aliphatic heterocycles. The van der Waals surface area contributed by atoms with Crippen molar-refractivity contribution in [1.82, 2.24) is 4.90 Å². The van der Waals surface area contributed by atoms with Crippen LogP contribution in [0.5, 0.6) is 5.75 Å². The summed E-state index contributed by atoms with van der Waals surface area (Å²) in [5, 5.41) is 0. The Morgan fingerprint density at radius 3 is 2.43 bits per heavy atom. The first-order valence-electron chi connectivity index (χ1n) is 7.68. The SMILES string of the molecule is COc1ccc(C)cc1N([C@H](C)C(=O)N1CCCC1)S(C)(=O)=O. The molecular weight excluding hydrogens is 316 g/mol. The van der Waals surface area contributed by atoms with Crippen molar-refractivity contribution in [1.29, 1.82) is 0 Å². The van der Waals surface area contributed by atoms with E-state index < -0.39 is 16.1 Å². The van der Waals surface area contributed by atoms with Gasteiger partial charge in [0.25, 0.3) is 0 Å². The van der Waals surface area contributed by atoms with E-state index in [1.807, 2.05) is 13.0 Å². The van der Waals surface area contributed by atoms with Crippen molar-refractivity contribution in [2.75, 3.05) is 30.8 Å². The lowest BCUT2D eigenvalue weighted by molar-refractivity contribution is -0.130. The predicted molar refractivity (Wildman–Crippen MR) is 90.3 cm³/mol. The number of hydrogen-bond acceptors (Lipinski definition) is 4. The molecule has 1 saturated heterocycles. The van der Waals surface area contributed by atoms with E-state index in [0.717, 1.165) is 24.7 Å². The molecule has 128 valence electrons. The molecule has 1 fully saturated rings. The first kappa shape index (κ1) is 17.6. The fourth-order valence-corrected chi connectivity index (χ4v) is 4.11. The lowest BCUT2D eigenvalue weighted by Gasteiger charge is -2.32. The van der Waals surface area contributed by atoms with Gasteiger partial charge in [-0.15, -0.1) is 0 Å². The number of anilines is 1. The third-order valence-electron chi connectivity index (χ3n) is 4.06. The second-order valence-electron chi connectivity index (χ2n) is 5.94. The van der Waals surface area contributed by atoms with Crippen LogP contribution in [0, 0.1) is 6.92 Å². The molecule has 2 rings (SSSR count). The first-order valence-corrected chi connectivity index (χ1v) is 9.53. The smallest absolute Gasteiger partial charge is 0.246 e. The second-order valence-corrected chi connectivity index (χ2v) is 7.80. The Morgan fingerprint density at radius 1 is 1.30 bits per heavy atom. The number of hydrogen-bond donors (Lipinski definition) is 0. The Bertz CT molecular complexity index is 681. The molecule has 0 unspecified atom stereocenters. The molecule has 0 radical (unpaired) electrons. The van der Waals surface area contributed by atoms with E-state index in [9.17, 15) is 13.2 Å². The highest BCUT2D eigenvalue weighted by atomic mass is 32.2. The Kier molecular flexibility index (Phi) is 5.19. The summed E-state index contributed by atoms with van der Waals surface area (Å²) in [6, 6.07) is 4.48. The number of rotatable bonds is 5. The molecule has 6 nitrogen and oxygen atoms in total. The van der Waals surface area contributed by atoms with Gasteiger partial charge in [-0.2, -0.15) is 0 Å². The highest BCUT2D eigenvalue weighted by Crippen LogP contribution is 2.33. The van der Waals surface area contributed by atoms with E-state index in [0.29, 0.717) is 24.5 Å². The van der Waals surface area contributed by atoms with Gasteiger partial charge < -0.3 is 9.64 Å². The van der Waals surface area contributed by atoms with Crippen LogP contribution in [-0.2, 0) is 14.8 Å². The zero-order valence-corrected chi connectivity index (χ0v) is 14.9. The van der Waals surface area contributed by atoms with Gasteiger partial charge in [-0.05, 0) is 44.4 Å². The van der Waals surface area contributed by atoms with Crippen molar-refractivity contribution < 1.29 is 17.9 Å². The van der Waals surface area contributed by atoms with Gasteiger partial charge >= 0.3 is 0 Å². The summed E-state index contributed by atoms with van der Waals surface area (Å²) < 4.78 is 31.2. The third kappa shape index (κ3) is 3.77. The van der Waals surface area contributed by atoms with E-state index in [1.54, 1.807) is 24.0 Å². The molecule has 7 heteroatoms. The maximum Gasteiger partial charge on any atom is 0.246 e. The molecule has 23 heavy (non-hydrogen) atoms. The number of aryl methyl sites for hydroxylation is 1. The number of carbonyl (C=O) groups is 1. The highest BCUT2D eigenvalue weighted by Gasteiger charge is 2.34. The second kappa shape index (κ2) is 6.78. The van der Waals surface area contributed by atoms with E-state index in [1.165, 1.54) is 11.4 Å². The Labute approximate surface area is 138 Å². The molecule has 1 atom stereocenters. The number of ether oxygens (including phenoxy) is 1. The molecule has 0 N–H and O–H groups in total. The summed E-state index contributed by atoms with van der Waals surface area (Å²) in [6.07, 6.45) is 3.04. The Hall–Kier alpha value is -1.76. The van der Waals surface area contributed by atoms with E-state index >= 15 is 0 Å². The molecule has 1 heterocycles. The zero-order valence-electron chi connectivity index (χ0n) is 14.1. The van der Waals surface area contributed by atoms with Gasteiger partial charge in [-0.1, -0.05) is 6.07 Å². The summed E-state index contributed by atoms with van der Waals surface area (Å²) in [7, 11) is -2.15. The average Bonchev–Trinajstić information content (AvgIpc) is 2.99. The van der Waals surface area contributed by atoms with Gasteiger partial charge in [-0.25, -0.2) is 8.42 Å². The van der Waals surface area contributed by atoms with Crippen molar-refractivity contribution >= 4 is 21.6 Å². The van der Waals surface area contributed by atoms with Crippen LogP contribution in [0.3, 0.4) is 0 Å². The topological polar surface area (TPSA) is 66.9 Å². The molecule has 0 bridgehead atoms. The lowest BCUT2D eigenvalue weighted by Crippen LogP contribution is -2.48. The molecule has 1 aromatic carbocycles. The van der Waals surface area contributed by atoms with Crippen LogP contribution in [0.25, 0.3) is 0 Å². The number of sulfonamides is 1. The molecule has 0 aromatic heterocycles. The average molecular weight is 340 g/mol. The van der Waals surface area contributed by atoms with Crippen LogP contribution in [0.1, 0.15) is 25.3 Å². The minimum absolute atomic E-state index is 0.170. The van der Waals surface area contributed by atoms with Crippen LogP contribution in [0.2, 0.25) is 0 Å². The van der Waals surface area contributed by atoms with Gasteiger partial charge in [0.15, 0.2) is 0 Å². The third-order valence-corrected chi connectivity index (χ3v) is 5.28. The fourth-order valence-electron chi connectivity index (χ4n) is 2.95. The fraction of sp³-hybridized carbons (Fsp3) is 0.562. The minimum atomic E-state index is -3.64. The molecule has 0 saturated carbocycles. The van der Waals surface area contributed by atoms with Gasteiger partial charge in [0.2, 0.25) is 15.9 Å². The molecule has 1 amide bonds. The van der Waals surface area contributed by atoms with Crippen molar-refractivity contribution in [3.8, 4) is 5.75 Å². The molecular formula is C16H24N2O4S. The van der Waals surface area contributed by atoms with Crippen molar-refractivity contribution in [3.05, 3.63) is 23.8 Å². The van der Waals surface area contributed by atoms with Crippen molar-refractivity contribution in [3.63, 3.8) is 0 Å². The normalized spacial score (nSPS) is 16.3. The van der Waals surface area contributed by atoms with E-state index in [4.69, 9.17) is 4.74 Å². The number of carbonyl (C=O) groups excluding carboxylic acids is 1. The summed E-state index contributed by atoms with van der Waals surface area (Å²) >= 11 is 0. The number of nitrogens with zero attached hydrogens (tertiary/aromatic N) is 2. The first-order chi connectivity index (χ1) is 10.8. The van der Waals surface area contributed by atoms with Crippen LogP contribution in [-0.4, -0.2) is 51.7 Å². The highest BCUT2D eigenvalue weighted by molar-refractivity contribution is 7.92. The van der Waals surface area contributed by atoms with Gasteiger partial charge in [0.05, 0.1) is 19.1 Å². The maximum absolute atomic E-state index is 12.7. The van der Waals surface area contributed by atoms with Gasteiger partial charge in [0.1, 0.15) is 11.8 Å². The molecule has 1 aromatic rings. The van der Waals surface area contributed by atoms with Gasteiger partial charge in [0, 0.05) is 13.1 Å². The quantitative estimate of drug-likeness (QED) is 0.819. The van der Waals surface area contributed by atoms with Crippen molar-refractivity contribution in [2.45, 2.75) is 32.7 Å². The van der Waals surface area contributed by atoms with E-state index in [2.05, 4.69) is 0 Å². The Morgan fingerprint density at radius 2 is 1.91 bits per heavy atom. The number of amides is 1. The summed E-state index contributed by atoms with van der Waals surface area (Å²) in [5.41, 5.74) is 1.30. The predicted octanol–water partition coefficient (Wildman–Crippen LogP) is 1.78. The van der Waals surface area contributed by atoms with Crippen LogP contribution in [0.15, 0.2) is 18.2 Å². The largest absolute Gasteiger partial charge is 0.495 e. The number of methoxy groups -OCH3 is 1. The Balaban J connectivity index is 2.46. The van der Waals surface area contributed by atoms with Crippen LogP contribution >= 0.6 is 0 Å².